The van der Waals surface area contributed by atoms with E-state index in [9.17, 15) is 39.8 Å². The van der Waals surface area contributed by atoms with Gasteiger partial charge >= 0.3 is 13.8 Å². The topological polar surface area (TPSA) is 192 Å². The van der Waals surface area contributed by atoms with Gasteiger partial charge in [-0.3, -0.25) is 13.8 Å². The summed E-state index contributed by atoms with van der Waals surface area (Å²) < 4.78 is 34.1. The fourth-order valence-corrected chi connectivity index (χ4v) is 7.97. The van der Waals surface area contributed by atoms with Gasteiger partial charge in [0.05, 0.1) is 13.2 Å². The first kappa shape index (κ1) is 53.1. The molecule has 0 aliphatic heterocycles. The molecule has 12 nitrogen and oxygen atoms in total. The van der Waals surface area contributed by atoms with Crippen LogP contribution in [0.15, 0.2) is 12.2 Å². The lowest BCUT2D eigenvalue weighted by Gasteiger charge is -2.41. The van der Waals surface area contributed by atoms with E-state index in [4.69, 9.17) is 18.5 Å². The summed E-state index contributed by atoms with van der Waals surface area (Å²) in [6.45, 7) is 4.25. The average Bonchev–Trinajstić information content (AvgIpc) is 3.18. The molecule has 0 bridgehead atoms. The molecule has 0 aromatic heterocycles. The molecule has 1 fully saturated rings. The quantitative estimate of drug-likeness (QED) is 0.0150. The first-order valence-corrected chi connectivity index (χ1v) is 24.0. The third-order valence-corrected chi connectivity index (χ3v) is 11.6. The van der Waals surface area contributed by atoms with Crippen molar-refractivity contribution in [2.45, 2.75) is 236 Å². The standard InChI is InChI=1S/C43H83O12P/c1-3-5-7-9-11-13-15-17-19-21-23-25-27-29-31-33-52-34-36(35-53-56(50,51)55-43-41(48)39(46)38(45)40(47)42(43)49)54-37(44)32-30-28-26-24-22-20-18-16-14-12-10-8-6-4-2/h15,17,36,38-43,45-49H,3-14,16,18-35H2,1-2H3,(H,50,51)/b17-15-. The summed E-state index contributed by atoms with van der Waals surface area (Å²) in [6.07, 6.45) is 24.2. The second-order valence-corrected chi connectivity index (χ2v) is 17.3. The van der Waals surface area contributed by atoms with Crippen LogP contribution in [0, 0.1) is 0 Å². The van der Waals surface area contributed by atoms with Gasteiger partial charge in [-0.1, -0.05) is 161 Å². The van der Waals surface area contributed by atoms with E-state index in [1.165, 1.54) is 116 Å². The van der Waals surface area contributed by atoms with E-state index < -0.39 is 63.1 Å². The number of aliphatic hydroxyl groups excluding tert-OH is 5. The van der Waals surface area contributed by atoms with Crippen molar-refractivity contribution in [2.24, 2.45) is 0 Å². The van der Waals surface area contributed by atoms with Crippen molar-refractivity contribution in [3.05, 3.63) is 12.2 Å². The van der Waals surface area contributed by atoms with Crippen LogP contribution >= 0.6 is 7.82 Å². The van der Waals surface area contributed by atoms with Crippen molar-refractivity contribution >= 4 is 13.8 Å². The molecule has 6 atom stereocenters. The summed E-state index contributed by atoms with van der Waals surface area (Å²) in [4.78, 5) is 23.1. The molecule has 0 saturated heterocycles. The number of esters is 1. The van der Waals surface area contributed by atoms with E-state index in [1.54, 1.807) is 0 Å². The minimum absolute atomic E-state index is 0.0757. The first-order valence-electron chi connectivity index (χ1n) is 22.5. The zero-order chi connectivity index (χ0) is 41.3. The Bertz CT molecular complexity index is 984. The van der Waals surface area contributed by atoms with Gasteiger partial charge in [0.25, 0.3) is 0 Å². The van der Waals surface area contributed by atoms with Crippen LogP contribution in [0.5, 0.6) is 0 Å². The molecule has 0 aromatic rings. The summed E-state index contributed by atoms with van der Waals surface area (Å²) in [7, 11) is -5.01. The Labute approximate surface area is 339 Å². The van der Waals surface area contributed by atoms with Gasteiger partial charge in [0.2, 0.25) is 0 Å². The molecule has 56 heavy (non-hydrogen) atoms. The zero-order valence-corrected chi connectivity index (χ0v) is 36.1. The van der Waals surface area contributed by atoms with Gasteiger partial charge in [0.15, 0.2) is 0 Å². The fourth-order valence-electron chi connectivity index (χ4n) is 7.00. The lowest BCUT2D eigenvalue weighted by atomic mass is 9.85. The number of hydrogen-bond acceptors (Lipinski definition) is 11. The monoisotopic (exact) mass is 823 g/mol. The van der Waals surface area contributed by atoms with Gasteiger partial charge in [-0.05, 0) is 38.5 Å². The van der Waals surface area contributed by atoms with Crippen molar-refractivity contribution in [3.63, 3.8) is 0 Å². The summed E-state index contributed by atoms with van der Waals surface area (Å²) in [6, 6.07) is 0. The van der Waals surface area contributed by atoms with E-state index >= 15 is 0 Å². The molecule has 1 aliphatic rings. The molecular formula is C43H83O12P. The number of rotatable bonds is 38. The Hall–Kier alpha value is -0.920. The second kappa shape index (κ2) is 34.9. The number of ether oxygens (including phenoxy) is 2. The molecule has 1 rings (SSSR count). The number of phosphoric ester groups is 1. The molecule has 6 unspecified atom stereocenters. The summed E-state index contributed by atoms with van der Waals surface area (Å²) in [5.74, 6) is -0.477. The van der Waals surface area contributed by atoms with Crippen molar-refractivity contribution in [1.29, 1.82) is 0 Å². The number of allylic oxidation sites excluding steroid dienone is 2. The third-order valence-electron chi connectivity index (χ3n) is 10.6. The van der Waals surface area contributed by atoms with E-state index in [0.29, 0.717) is 13.0 Å². The predicted molar refractivity (Wildman–Crippen MR) is 221 cm³/mol. The molecule has 332 valence electrons. The normalized spacial score (nSPS) is 23.1. The van der Waals surface area contributed by atoms with Crippen LogP contribution in [0.1, 0.15) is 194 Å². The number of unbranched alkanes of at least 4 members (excludes halogenated alkanes) is 24. The van der Waals surface area contributed by atoms with Gasteiger partial charge < -0.3 is 39.9 Å². The summed E-state index contributed by atoms with van der Waals surface area (Å²) >= 11 is 0. The molecule has 6 N–H and O–H groups in total. The number of carbonyl (C=O) groups excluding carboxylic acids is 1. The largest absolute Gasteiger partial charge is 0.472 e. The number of hydrogen-bond donors (Lipinski definition) is 6. The van der Waals surface area contributed by atoms with Gasteiger partial charge in [-0.25, -0.2) is 4.57 Å². The average molecular weight is 823 g/mol. The van der Waals surface area contributed by atoms with Crippen molar-refractivity contribution in [1.82, 2.24) is 0 Å². The lowest BCUT2D eigenvalue weighted by Crippen LogP contribution is -2.64. The van der Waals surface area contributed by atoms with E-state index in [2.05, 4.69) is 26.0 Å². The van der Waals surface area contributed by atoms with Crippen LogP contribution in [0.2, 0.25) is 0 Å². The highest BCUT2D eigenvalue weighted by Gasteiger charge is 2.51. The molecule has 0 heterocycles. The smallest absolute Gasteiger partial charge is 0.457 e. The van der Waals surface area contributed by atoms with E-state index in [-0.39, 0.29) is 13.0 Å². The van der Waals surface area contributed by atoms with Crippen LogP contribution in [0.3, 0.4) is 0 Å². The number of carbonyl (C=O) groups is 1. The van der Waals surface area contributed by atoms with Gasteiger partial charge in [-0.2, -0.15) is 0 Å². The number of phosphoric acid groups is 1. The van der Waals surface area contributed by atoms with Gasteiger partial charge in [-0.15, -0.1) is 0 Å². The lowest BCUT2D eigenvalue weighted by molar-refractivity contribution is -0.220. The second-order valence-electron chi connectivity index (χ2n) is 15.9. The predicted octanol–water partition coefficient (Wildman–Crippen LogP) is 8.75. The molecule has 0 radical (unpaired) electrons. The first-order chi connectivity index (χ1) is 27.0. The highest BCUT2D eigenvalue weighted by Crippen LogP contribution is 2.47. The van der Waals surface area contributed by atoms with Gasteiger partial charge in [0.1, 0.15) is 42.7 Å². The minimum atomic E-state index is -5.01. The maximum Gasteiger partial charge on any atom is 0.472 e. The van der Waals surface area contributed by atoms with Crippen molar-refractivity contribution < 1.29 is 58.3 Å². The SMILES string of the molecule is CCCCCCC/C=C\CCCCCCCCOCC(COP(=O)(O)OC1C(O)C(O)C(O)C(O)C1O)OC(=O)CCCCCCCCCCCCCCCC. The summed E-state index contributed by atoms with van der Waals surface area (Å²) in [5, 5.41) is 50.1. The van der Waals surface area contributed by atoms with E-state index in [0.717, 1.165) is 51.4 Å². The molecule has 1 aliphatic carbocycles. The molecule has 13 heteroatoms. The van der Waals surface area contributed by atoms with Crippen LogP contribution in [0.4, 0.5) is 0 Å². The molecule has 0 amide bonds. The van der Waals surface area contributed by atoms with Crippen LogP contribution in [0.25, 0.3) is 0 Å². The minimum Gasteiger partial charge on any atom is -0.457 e. The number of aliphatic hydroxyl groups is 5. The maximum absolute atomic E-state index is 12.8. The van der Waals surface area contributed by atoms with Crippen molar-refractivity contribution in [3.8, 4) is 0 Å². The van der Waals surface area contributed by atoms with Crippen LogP contribution in [-0.2, 0) is 27.9 Å². The zero-order valence-electron chi connectivity index (χ0n) is 35.2. The van der Waals surface area contributed by atoms with E-state index in [1.807, 2.05) is 0 Å². The van der Waals surface area contributed by atoms with Crippen molar-refractivity contribution in [2.75, 3.05) is 19.8 Å². The Morgan fingerprint density at radius 1 is 0.554 bits per heavy atom. The third kappa shape index (κ3) is 27.0. The Balaban J connectivity index is 2.41. The van der Waals surface area contributed by atoms with Crippen LogP contribution in [-0.4, -0.2) is 98.9 Å². The fraction of sp³-hybridized carbons (Fsp3) is 0.930. The highest BCUT2D eigenvalue weighted by molar-refractivity contribution is 7.47. The highest BCUT2D eigenvalue weighted by atomic mass is 31.2. The Morgan fingerprint density at radius 2 is 0.946 bits per heavy atom. The Morgan fingerprint density at radius 3 is 1.41 bits per heavy atom. The summed E-state index contributed by atoms with van der Waals surface area (Å²) in [5.41, 5.74) is 0. The van der Waals surface area contributed by atoms with Gasteiger partial charge in [0, 0.05) is 13.0 Å². The molecular weight excluding hydrogens is 739 g/mol. The molecule has 1 saturated carbocycles. The van der Waals surface area contributed by atoms with Crippen LogP contribution < -0.4 is 0 Å². The molecule has 0 aromatic carbocycles. The maximum atomic E-state index is 12.8. The molecule has 0 spiro atoms. The Kier molecular flexibility index (Phi) is 33.1.